The van der Waals surface area contributed by atoms with Crippen molar-refractivity contribution in [1.29, 1.82) is 0 Å². The molecule has 64 valence electrons. The van der Waals surface area contributed by atoms with E-state index in [1.54, 1.807) is 25.2 Å². The van der Waals surface area contributed by atoms with Crippen molar-refractivity contribution in [3.05, 3.63) is 36.0 Å². The van der Waals surface area contributed by atoms with Crippen LogP contribution in [0.4, 0.5) is 0 Å². The van der Waals surface area contributed by atoms with Crippen LogP contribution in [0.2, 0.25) is 0 Å². The minimum Gasteiger partial charge on any atom is -0.382 e. The number of carbonyl (C=O) groups excluding carboxylic acids is 1. The summed E-state index contributed by atoms with van der Waals surface area (Å²) in [6.45, 7) is 1.62. The van der Waals surface area contributed by atoms with Crippen molar-refractivity contribution in [1.82, 2.24) is 0 Å². The molecule has 0 spiro atoms. The molecule has 0 heterocycles. The molecule has 0 aromatic heterocycles. The lowest BCUT2D eigenvalue weighted by atomic mass is 10.1. The van der Waals surface area contributed by atoms with Crippen LogP contribution in [0.1, 0.15) is 6.92 Å². The molecule has 1 N–H and O–H groups in total. The molecule has 0 saturated carbocycles. The van der Waals surface area contributed by atoms with E-state index < -0.39 is 10.8 Å². The Labute approximate surface area is 75.8 Å². The Morgan fingerprint density at radius 1 is 1.58 bits per heavy atom. The third kappa shape index (κ3) is 2.32. The van der Waals surface area contributed by atoms with Crippen molar-refractivity contribution in [2.45, 2.75) is 12.5 Å². The lowest BCUT2D eigenvalue weighted by Gasteiger charge is -2.10. The standard InChI is InChI=1S/C9H9ClO2/c1-9(12)5-2-3-7(4-6-9)8(10)11/h2-6,12H,1H3. The van der Waals surface area contributed by atoms with Crippen LogP contribution in [0, 0.1) is 0 Å². The van der Waals surface area contributed by atoms with Crippen LogP contribution < -0.4 is 0 Å². The van der Waals surface area contributed by atoms with E-state index in [9.17, 15) is 9.90 Å². The van der Waals surface area contributed by atoms with E-state index in [0.29, 0.717) is 5.57 Å². The number of hydrogen-bond donors (Lipinski definition) is 1. The summed E-state index contributed by atoms with van der Waals surface area (Å²) < 4.78 is 0. The highest BCUT2D eigenvalue weighted by molar-refractivity contribution is 6.68. The molecule has 0 fully saturated rings. The van der Waals surface area contributed by atoms with Crippen LogP contribution in [0.5, 0.6) is 0 Å². The molecule has 12 heavy (non-hydrogen) atoms. The molecule has 0 aliphatic heterocycles. The minimum atomic E-state index is -0.995. The third-order valence-electron chi connectivity index (χ3n) is 1.54. The quantitative estimate of drug-likeness (QED) is 0.628. The lowest BCUT2D eigenvalue weighted by Crippen LogP contribution is -2.15. The van der Waals surface area contributed by atoms with Gasteiger partial charge in [-0.05, 0) is 30.7 Å². The second kappa shape index (κ2) is 3.25. The van der Waals surface area contributed by atoms with E-state index in [0.717, 1.165) is 0 Å². The van der Waals surface area contributed by atoms with Crippen LogP contribution in [0.3, 0.4) is 0 Å². The fourth-order valence-corrected chi connectivity index (χ4v) is 0.973. The number of carbonyl (C=O) groups is 1. The van der Waals surface area contributed by atoms with Crippen molar-refractivity contribution in [3.8, 4) is 0 Å². The Kier molecular flexibility index (Phi) is 2.50. The van der Waals surface area contributed by atoms with Gasteiger partial charge in [0, 0.05) is 5.57 Å². The number of aliphatic hydroxyl groups is 1. The molecule has 1 aliphatic rings. The van der Waals surface area contributed by atoms with Gasteiger partial charge in [-0.15, -0.1) is 0 Å². The zero-order chi connectivity index (χ0) is 9.19. The zero-order valence-electron chi connectivity index (χ0n) is 6.62. The molecule has 1 rings (SSSR count). The van der Waals surface area contributed by atoms with Gasteiger partial charge in [0.1, 0.15) is 0 Å². The number of rotatable bonds is 1. The molecular formula is C9H9ClO2. The predicted molar refractivity (Wildman–Crippen MR) is 47.8 cm³/mol. The molecule has 0 bridgehead atoms. The zero-order valence-corrected chi connectivity index (χ0v) is 7.38. The predicted octanol–water partition coefficient (Wildman–Crippen LogP) is 1.56. The van der Waals surface area contributed by atoms with E-state index >= 15 is 0 Å². The van der Waals surface area contributed by atoms with Gasteiger partial charge in [0.15, 0.2) is 0 Å². The Balaban J connectivity index is 2.94. The summed E-state index contributed by atoms with van der Waals surface area (Å²) in [5.41, 5.74) is -0.615. The minimum absolute atomic E-state index is 0.380. The summed E-state index contributed by atoms with van der Waals surface area (Å²) >= 11 is 5.25. The highest BCUT2D eigenvalue weighted by atomic mass is 35.5. The van der Waals surface area contributed by atoms with Crippen molar-refractivity contribution in [2.75, 3.05) is 0 Å². The first-order chi connectivity index (χ1) is 5.51. The molecule has 1 aliphatic carbocycles. The fraction of sp³-hybridized carbons (Fsp3) is 0.222. The molecule has 0 radical (unpaired) electrons. The highest BCUT2D eigenvalue weighted by Crippen LogP contribution is 2.15. The molecule has 0 amide bonds. The fourth-order valence-electron chi connectivity index (χ4n) is 0.847. The van der Waals surface area contributed by atoms with Crippen LogP contribution >= 0.6 is 11.6 Å². The van der Waals surface area contributed by atoms with Crippen LogP contribution in [-0.4, -0.2) is 16.0 Å². The lowest BCUT2D eigenvalue weighted by molar-refractivity contribution is -0.108. The smallest absolute Gasteiger partial charge is 0.252 e. The van der Waals surface area contributed by atoms with Gasteiger partial charge in [-0.2, -0.15) is 0 Å². The summed E-state index contributed by atoms with van der Waals surface area (Å²) in [5, 5.41) is 8.97. The van der Waals surface area contributed by atoms with Gasteiger partial charge >= 0.3 is 0 Å². The number of halogens is 1. The van der Waals surface area contributed by atoms with Crippen LogP contribution in [-0.2, 0) is 4.79 Å². The normalized spacial score (nSPS) is 28.1. The summed E-state index contributed by atoms with van der Waals surface area (Å²) in [6, 6.07) is 0. The van der Waals surface area contributed by atoms with Crippen molar-refractivity contribution >= 4 is 16.8 Å². The topological polar surface area (TPSA) is 37.3 Å². The van der Waals surface area contributed by atoms with Crippen LogP contribution in [0.15, 0.2) is 36.0 Å². The largest absolute Gasteiger partial charge is 0.382 e. The summed E-state index contributed by atoms with van der Waals surface area (Å²) in [4.78, 5) is 10.7. The SMILES string of the molecule is CC1(O)C=CC=C(C(=O)Cl)C=C1. The molecule has 0 aromatic rings. The number of allylic oxidation sites excluding steroid dienone is 4. The van der Waals surface area contributed by atoms with Crippen LogP contribution in [0.25, 0.3) is 0 Å². The van der Waals surface area contributed by atoms with Gasteiger partial charge in [-0.3, -0.25) is 4.79 Å². The maximum absolute atomic E-state index is 10.7. The first kappa shape index (κ1) is 9.23. The third-order valence-corrected chi connectivity index (χ3v) is 1.75. The second-order valence-electron chi connectivity index (χ2n) is 2.81. The van der Waals surface area contributed by atoms with E-state index in [4.69, 9.17) is 11.6 Å². The first-order valence-electron chi connectivity index (χ1n) is 3.52. The van der Waals surface area contributed by atoms with Crippen molar-refractivity contribution in [3.63, 3.8) is 0 Å². The monoisotopic (exact) mass is 184 g/mol. The molecule has 1 unspecified atom stereocenters. The highest BCUT2D eigenvalue weighted by Gasteiger charge is 2.13. The van der Waals surface area contributed by atoms with E-state index in [1.807, 2.05) is 0 Å². The van der Waals surface area contributed by atoms with Gasteiger partial charge in [0.2, 0.25) is 0 Å². The van der Waals surface area contributed by atoms with E-state index in [-0.39, 0.29) is 0 Å². The van der Waals surface area contributed by atoms with Gasteiger partial charge < -0.3 is 5.11 Å². The average molecular weight is 185 g/mol. The van der Waals surface area contributed by atoms with E-state index in [2.05, 4.69) is 0 Å². The maximum Gasteiger partial charge on any atom is 0.252 e. The average Bonchev–Trinajstić information content (AvgIpc) is 2.10. The molecule has 0 saturated heterocycles. The van der Waals surface area contributed by atoms with Gasteiger partial charge in [-0.25, -0.2) is 0 Å². The molecule has 3 heteroatoms. The summed E-state index contributed by atoms with van der Waals surface area (Å²) in [7, 11) is 0. The molecular weight excluding hydrogens is 176 g/mol. The van der Waals surface area contributed by atoms with Gasteiger partial charge in [0.05, 0.1) is 5.60 Å². The Morgan fingerprint density at radius 2 is 2.25 bits per heavy atom. The Bertz CT molecular complexity index is 285. The van der Waals surface area contributed by atoms with Crippen molar-refractivity contribution < 1.29 is 9.90 Å². The first-order valence-corrected chi connectivity index (χ1v) is 3.90. The molecule has 0 aromatic carbocycles. The molecule has 1 atom stereocenters. The van der Waals surface area contributed by atoms with E-state index in [1.165, 1.54) is 12.2 Å². The second-order valence-corrected chi connectivity index (χ2v) is 3.16. The summed E-state index contributed by atoms with van der Waals surface area (Å²) in [6.07, 6.45) is 7.77. The molecule has 2 nitrogen and oxygen atoms in total. The Morgan fingerprint density at radius 3 is 2.83 bits per heavy atom. The number of hydrogen-bond acceptors (Lipinski definition) is 2. The van der Waals surface area contributed by atoms with Gasteiger partial charge in [-0.1, -0.05) is 18.2 Å². The van der Waals surface area contributed by atoms with Crippen molar-refractivity contribution in [2.24, 2.45) is 0 Å². The summed E-state index contributed by atoms with van der Waals surface area (Å²) in [5.74, 6) is 0. The van der Waals surface area contributed by atoms with Gasteiger partial charge in [0.25, 0.3) is 5.24 Å². The Hall–Kier alpha value is -0.860. The maximum atomic E-state index is 10.7.